The zero-order valence-electron chi connectivity index (χ0n) is 19.6. The minimum Gasteiger partial charge on any atom is -0.456 e. The fraction of sp³-hybridized carbons (Fsp3) is 0.321. The van der Waals surface area contributed by atoms with Gasteiger partial charge in [-0.3, -0.25) is 15.1 Å². The third-order valence-corrected chi connectivity index (χ3v) is 8.27. The minimum atomic E-state index is -0.345. The summed E-state index contributed by atoms with van der Waals surface area (Å²) >= 11 is 0. The molecule has 6 nitrogen and oxygen atoms in total. The molecule has 2 atom stereocenters. The Morgan fingerprint density at radius 1 is 1.03 bits per heavy atom. The molecule has 2 aliphatic rings. The largest absolute Gasteiger partial charge is 0.456 e. The number of hydrogen-bond acceptors (Lipinski definition) is 5. The van der Waals surface area contributed by atoms with Crippen molar-refractivity contribution in [1.29, 1.82) is 0 Å². The second-order valence-corrected chi connectivity index (χ2v) is 10.7. The van der Waals surface area contributed by atoms with Gasteiger partial charge >= 0.3 is 0 Å². The van der Waals surface area contributed by atoms with Crippen LogP contribution in [0.1, 0.15) is 39.2 Å². The van der Waals surface area contributed by atoms with Gasteiger partial charge in [0.1, 0.15) is 11.2 Å². The maximum atomic E-state index is 11.5. The summed E-state index contributed by atoms with van der Waals surface area (Å²) in [5, 5.41) is 13.6. The Balaban J connectivity index is 1.38. The van der Waals surface area contributed by atoms with Crippen LogP contribution in [-0.2, 0) is 0 Å². The summed E-state index contributed by atoms with van der Waals surface area (Å²) in [6.45, 7) is 8.04. The molecule has 1 aliphatic heterocycles. The maximum Gasteiger partial charge on any atom is 0.270 e. The smallest absolute Gasteiger partial charge is 0.270 e. The topological polar surface area (TPSA) is 71.9 Å². The van der Waals surface area contributed by atoms with Gasteiger partial charge in [-0.1, -0.05) is 39.0 Å². The number of aliphatic imine (C=N–C) groups is 1. The van der Waals surface area contributed by atoms with Gasteiger partial charge in [-0.25, -0.2) is 0 Å². The van der Waals surface area contributed by atoms with Crippen LogP contribution in [0.3, 0.4) is 0 Å². The van der Waals surface area contributed by atoms with Gasteiger partial charge in [0.05, 0.1) is 10.6 Å². The number of rotatable bonds is 4. The van der Waals surface area contributed by atoms with Crippen molar-refractivity contribution in [1.82, 2.24) is 0 Å². The van der Waals surface area contributed by atoms with Crippen LogP contribution in [0.2, 0.25) is 0 Å². The summed E-state index contributed by atoms with van der Waals surface area (Å²) in [5.74, 6) is 0. The Kier molecular flexibility index (Phi) is 4.40. The molecule has 1 saturated heterocycles. The van der Waals surface area contributed by atoms with Gasteiger partial charge in [-0.05, 0) is 47.9 Å². The number of piperidine rings is 1. The van der Waals surface area contributed by atoms with E-state index in [9.17, 15) is 10.1 Å². The van der Waals surface area contributed by atoms with Crippen LogP contribution in [-0.4, -0.2) is 23.7 Å². The first kappa shape index (κ1) is 20.9. The van der Waals surface area contributed by atoms with Crippen LogP contribution in [0.4, 0.5) is 17.1 Å². The van der Waals surface area contributed by atoms with Crippen LogP contribution in [0.5, 0.6) is 0 Å². The summed E-state index contributed by atoms with van der Waals surface area (Å²) in [6.07, 6.45) is 4.03. The van der Waals surface area contributed by atoms with Gasteiger partial charge in [0.15, 0.2) is 0 Å². The van der Waals surface area contributed by atoms with Crippen LogP contribution in [0.25, 0.3) is 21.9 Å². The Morgan fingerprint density at radius 3 is 2.56 bits per heavy atom. The van der Waals surface area contributed by atoms with Gasteiger partial charge in [-0.15, -0.1) is 0 Å². The van der Waals surface area contributed by atoms with Crippen molar-refractivity contribution in [2.45, 2.75) is 39.7 Å². The molecule has 0 amide bonds. The van der Waals surface area contributed by atoms with Crippen molar-refractivity contribution in [2.24, 2.45) is 15.8 Å². The molecular weight excluding hydrogens is 426 g/mol. The van der Waals surface area contributed by atoms with E-state index in [0.29, 0.717) is 11.5 Å². The van der Waals surface area contributed by atoms with E-state index in [0.717, 1.165) is 58.3 Å². The molecule has 2 fully saturated rings. The number of hydrogen-bond donors (Lipinski definition) is 0. The molecule has 0 radical (unpaired) electrons. The lowest BCUT2D eigenvalue weighted by atomic mass is 9.69. The van der Waals surface area contributed by atoms with Gasteiger partial charge in [0.25, 0.3) is 5.69 Å². The Morgan fingerprint density at radius 2 is 1.82 bits per heavy atom. The van der Waals surface area contributed by atoms with E-state index in [-0.39, 0.29) is 16.0 Å². The average molecular weight is 454 g/mol. The van der Waals surface area contributed by atoms with Crippen LogP contribution in [0.15, 0.2) is 70.1 Å². The second-order valence-electron chi connectivity index (χ2n) is 10.7. The number of nitro groups is 1. The second kappa shape index (κ2) is 7.16. The van der Waals surface area contributed by atoms with E-state index in [4.69, 9.17) is 9.41 Å². The first-order chi connectivity index (χ1) is 16.2. The predicted molar refractivity (Wildman–Crippen MR) is 136 cm³/mol. The molecule has 0 N–H and O–H groups in total. The van der Waals surface area contributed by atoms with Crippen molar-refractivity contribution >= 4 is 45.2 Å². The number of benzene rings is 3. The highest BCUT2D eigenvalue weighted by Gasteiger charge is 2.57. The van der Waals surface area contributed by atoms with Gasteiger partial charge < -0.3 is 9.32 Å². The van der Waals surface area contributed by atoms with Crippen molar-refractivity contribution in [3.63, 3.8) is 0 Å². The monoisotopic (exact) mass is 453 g/mol. The van der Waals surface area contributed by atoms with E-state index in [1.54, 1.807) is 18.3 Å². The summed E-state index contributed by atoms with van der Waals surface area (Å²) in [6, 6.07) is 19.4. The number of non-ortho nitro benzene ring substituents is 1. The SMILES string of the molecule is CC1(C)C[C@H]2C[C@@]1(C)CN2c1ccc([N+](=O)[O-])cc1C=Nc1ccc2c(c1)oc1ccccc12. The van der Waals surface area contributed by atoms with E-state index in [2.05, 4.69) is 25.7 Å². The summed E-state index contributed by atoms with van der Waals surface area (Å²) in [4.78, 5) is 18.3. The van der Waals surface area contributed by atoms with Crippen LogP contribution < -0.4 is 4.90 Å². The first-order valence-electron chi connectivity index (χ1n) is 11.7. The van der Waals surface area contributed by atoms with Gasteiger partial charge in [0, 0.05) is 59.0 Å². The highest BCUT2D eigenvalue weighted by molar-refractivity contribution is 6.05. The standard InChI is InChI=1S/C28H27N3O3/c1-27(2)14-21-15-28(27,3)17-30(21)24-11-9-20(31(32)33)12-18(24)16-29-19-8-10-23-22-6-4-5-7-25(22)34-26(23)13-19/h4-13,16,21H,14-15,17H2,1-3H3/t21-,28-/m0/s1. The van der Waals surface area contributed by atoms with Crippen molar-refractivity contribution in [3.05, 3.63) is 76.3 Å². The average Bonchev–Trinajstić information content (AvgIpc) is 3.41. The number of nitro benzene ring substituents is 1. The molecule has 0 unspecified atom stereocenters. The van der Waals surface area contributed by atoms with Crippen molar-refractivity contribution < 1.29 is 9.34 Å². The number of furan rings is 1. The predicted octanol–water partition coefficient (Wildman–Crippen LogP) is 7.26. The highest BCUT2D eigenvalue weighted by atomic mass is 16.6. The lowest BCUT2D eigenvalue weighted by molar-refractivity contribution is -0.384. The summed E-state index contributed by atoms with van der Waals surface area (Å²) < 4.78 is 5.99. The molecule has 0 spiro atoms. The molecule has 34 heavy (non-hydrogen) atoms. The van der Waals surface area contributed by atoms with Crippen molar-refractivity contribution in [2.75, 3.05) is 11.4 Å². The third-order valence-electron chi connectivity index (χ3n) is 8.27. The molecule has 2 heterocycles. The van der Waals surface area contributed by atoms with E-state index in [1.807, 2.05) is 48.5 Å². The molecule has 172 valence electrons. The molecule has 6 rings (SSSR count). The molecule has 1 saturated carbocycles. The third kappa shape index (κ3) is 3.12. The van der Waals surface area contributed by atoms with E-state index in [1.165, 1.54) is 0 Å². The quantitative estimate of drug-likeness (QED) is 0.185. The summed E-state index contributed by atoms with van der Waals surface area (Å²) in [7, 11) is 0. The molecule has 6 heteroatoms. The molecule has 1 aliphatic carbocycles. The van der Waals surface area contributed by atoms with Crippen LogP contribution in [0, 0.1) is 20.9 Å². The summed E-state index contributed by atoms with van der Waals surface area (Å²) in [5.41, 5.74) is 4.78. The lowest BCUT2D eigenvalue weighted by Gasteiger charge is -2.44. The van der Waals surface area contributed by atoms with E-state index >= 15 is 0 Å². The molecule has 2 bridgehead atoms. The number of nitrogens with zero attached hydrogens (tertiary/aromatic N) is 3. The van der Waals surface area contributed by atoms with E-state index < -0.39 is 0 Å². The molecule has 1 aromatic heterocycles. The molecule has 3 aromatic carbocycles. The maximum absolute atomic E-state index is 11.5. The number of para-hydroxylation sites is 1. The lowest BCUT2D eigenvalue weighted by Crippen LogP contribution is -2.44. The van der Waals surface area contributed by atoms with Gasteiger partial charge in [-0.2, -0.15) is 0 Å². The fourth-order valence-corrected chi connectivity index (χ4v) is 5.95. The molecular formula is C28H27N3O3. The highest BCUT2D eigenvalue weighted by Crippen LogP contribution is 2.59. The zero-order chi connectivity index (χ0) is 23.7. The first-order valence-corrected chi connectivity index (χ1v) is 11.7. The Hall–Kier alpha value is -3.67. The number of fused-ring (bicyclic) bond motifs is 5. The Bertz CT molecular complexity index is 1480. The molecule has 4 aromatic rings. The van der Waals surface area contributed by atoms with Crippen LogP contribution >= 0.6 is 0 Å². The zero-order valence-corrected chi connectivity index (χ0v) is 19.6. The fourth-order valence-electron chi connectivity index (χ4n) is 5.95. The minimum absolute atomic E-state index is 0.0776. The Labute approximate surface area is 198 Å². The normalized spacial score (nSPS) is 23.5. The number of anilines is 1. The van der Waals surface area contributed by atoms with Crippen molar-refractivity contribution in [3.8, 4) is 0 Å². The van der Waals surface area contributed by atoms with Gasteiger partial charge in [0.2, 0.25) is 0 Å².